The van der Waals surface area contributed by atoms with Gasteiger partial charge in [-0.25, -0.2) is 0 Å². The highest BCUT2D eigenvalue weighted by atomic mass is 127. The molecular formula is C12H16ClIN2O2S. The van der Waals surface area contributed by atoms with Crippen LogP contribution in [0.1, 0.15) is 26.2 Å². The SMILES string of the molecule is CC1CCCCN1S(=O)(=O)Nc1ccc(Cl)cc1I. The molecule has 7 heteroatoms. The number of benzene rings is 1. The molecule has 1 aliphatic rings. The first-order valence-electron chi connectivity index (χ1n) is 6.15. The standard InChI is InChI=1S/C12H16ClIN2O2S/c1-9-4-2-3-7-16(9)19(17,18)15-12-6-5-10(13)8-11(12)14/h5-6,8-9,15H,2-4,7H2,1H3. The zero-order valence-electron chi connectivity index (χ0n) is 10.6. The van der Waals surface area contributed by atoms with Gasteiger partial charge in [-0.3, -0.25) is 4.72 Å². The van der Waals surface area contributed by atoms with Gasteiger partial charge in [0.15, 0.2) is 0 Å². The molecule has 2 rings (SSSR count). The Labute approximate surface area is 132 Å². The minimum Gasteiger partial charge on any atom is -0.270 e. The van der Waals surface area contributed by atoms with Crippen molar-refractivity contribution < 1.29 is 8.42 Å². The van der Waals surface area contributed by atoms with E-state index in [1.807, 2.05) is 6.92 Å². The molecule has 1 saturated heterocycles. The normalized spacial score (nSPS) is 21.3. The van der Waals surface area contributed by atoms with Crippen LogP contribution in [0.4, 0.5) is 5.69 Å². The van der Waals surface area contributed by atoms with Gasteiger partial charge in [-0.2, -0.15) is 12.7 Å². The van der Waals surface area contributed by atoms with E-state index in [1.54, 1.807) is 22.5 Å². The van der Waals surface area contributed by atoms with Crippen LogP contribution < -0.4 is 4.72 Å². The smallest absolute Gasteiger partial charge is 0.270 e. The zero-order chi connectivity index (χ0) is 14.0. The van der Waals surface area contributed by atoms with Crippen molar-refractivity contribution in [3.63, 3.8) is 0 Å². The summed E-state index contributed by atoms with van der Waals surface area (Å²) >= 11 is 7.94. The van der Waals surface area contributed by atoms with Crippen LogP contribution in [0.25, 0.3) is 0 Å². The molecule has 0 radical (unpaired) electrons. The van der Waals surface area contributed by atoms with Crippen molar-refractivity contribution in [2.24, 2.45) is 0 Å². The van der Waals surface area contributed by atoms with Gasteiger partial charge in [0.25, 0.3) is 0 Å². The maximum Gasteiger partial charge on any atom is 0.301 e. The van der Waals surface area contributed by atoms with E-state index in [9.17, 15) is 8.42 Å². The quantitative estimate of drug-likeness (QED) is 0.770. The van der Waals surface area contributed by atoms with Gasteiger partial charge in [-0.05, 0) is 60.6 Å². The second-order valence-corrected chi connectivity index (χ2v) is 7.91. The molecule has 1 N–H and O–H groups in total. The third-order valence-corrected chi connectivity index (χ3v) is 5.99. The predicted molar refractivity (Wildman–Crippen MR) is 86.7 cm³/mol. The van der Waals surface area contributed by atoms with Crippen LogP contribution in [-0.4, -0.2) is 25.3 Å². The van der Waals surface area contributed by atoms with Gasteiger partial charge in [0, 0.05) is 21.2 Å². The first-order chi connectivity index (χ1) is 8.90. The van der Waals surface area contributed by atoms with Gasteiger partial charge >= 0.3 is 10.2 Å². The fraction of sp³-hybridized carbons (Fsp3) is 0.500. The lowest BCUT2D eigenvalue weighted by molar-refractivity contribution is 0.270. The molecule has 4 nitrogen and oxygen atoms in total. The van der Waals surface area contributed by atoms with E-state index in [4.69, 9.17) is 11.6 Å². The molecule has 1 aromatic rings. The minimum absolute atomic E-state index is 0.0520. The van der Waals surface area contributed by atoms with Crippen molar-refractivity contribution in [1.82, 2.24) is 4.31 Å². The predicted octanol–water partition coefficient (Wildman–Crippen LogP) is 3.48. The number of halogens is 2. The Kier molecular flexibility index (Phi) is 4.97. The molecular weight excluding hydrogens is 399 g/mol. The van der Waals surface area contributed by atoms with Crippen molar-refractivity contribution in [2.45, 2.75) is 32.2 Å². The van der Waals surface area contributed by atoms with Crippen LogP contribution in [0.15, 0.2) is 18.2 Å². The lowest BCUT2D eigenvalue weighted by Gasteiger charge is -2.32. The molecule has 0 amide bonds. The number of anilines is 1. The molecule has 106 valence electrons. The first kappa shape index (κ1) is 15.3. The number of nitrogens with one attached hydrogen (secondary N) is 1. The van der Waals surface area contributed by atoms with Gasteiger partial charge in [0.05, 0.1) is 5.69 Å². The van der Waals surface area contributed by atoms with Crippen molar-refractivity contribution in [3.8, 4) is 0 Å². The highest BCUT2D eigenvalue weighted by Gasteiger charge is 2.29. The molecule has 1 aliphatic heterocycles. The van der Waals surface area contributed by atoms with E-state index in [1.165, 1.54) is 0 Å². The maximum atomic E-state index is 12.4. The van der Waals surface area contributed by atoms with E-state index in [-0.39, 0.29) is 6.04 Å². The Morgan fingerprint density at radius 1 is 1.42 bits per heavy atom. The third-order valence-electron chi connectivity index (χ3n) is 3.22. The number of hydrogen-bond donors (Lipinski definition) is 1. The largest absolute Gasteiger partial charge is 0.301 e. The van der Waals surface area contributed by atoms with Gasteiger partial charge in [-0.15, -0.1) is 0 Å². The fourth-order valence-corrected chi connectivity index (χ4v) is 4.91. The Morgan fingerprint density at radius 3 is 2.79 bits per heavy atom. The van der Waals surface area contributed by atoms with Crippen LogP contribution in [0.2, 0.25) is 5.02 Å². The van der Waals surface area contributed by atoms with Crippen molar-refractivity contribution in [3.05, 3.63) is 26.8 Å². The molecule has 0 spiro atoms. The maximum absolute atomic E-state index is 12.4. The molecule has 0 aromatic heterocycles. The topological polar surface area (TPSA) is 49.4 Å². The summed E-state index contributed by atoms with van der Waals surface area (Å²) in [6.07, 6.45) is 2.92. The monoisotopic (exact) mass is 414 g/mol. The van der Waals surface area contributed by atoms with Crippen LogP contribution in [0, 0.1) is 3.57 Å². The number of hydrogen-bond acceptors (Lipinski definition) is 2. The zero-order valence-corrected chi connectivity index (χ0v) is 14.3. The fourth-order valence-electron chi connectivity index (χ4n) is 2.20. The summed E-state index contributed by atoms with van der Waals surface area (Å²) in [4.78, 5) is 0. The molecule has 0 bridgehead atoms. The molecule has 1 heterocycles. The second kappa shape index (κ2) is 6.15. The third kappa shape index (κ3) is 3.74. The molecule has 1 fully saturated rings. The van der Waals surface area contributed by atoms with Crippen molar-refractivity contribution >= 4 is 50.1 Å². The molecule has 0 saturated carbocycles. The Morgan fingerprint density at radius 2 is 2.16 bits per heavy atom. The number of nitrogens with zero attached hydrogens (tertiary/aromatic N) is 1. The van der Waals surface area contributed by atoms with E-state index in [0.29, 0.717) is 17.3 Å². The van der Waals surface area contributed by atoms with E-state index >= 15 is 0 Å². The summed E-state index contributed by atoms with van der Waals surface area (Å²) < 4.78 is 29.7. The van der Waals surface area contributed by atoms with Crippen molar-refractivity contribution in [2.75, 3.05) is 11.3 Å². The summed E-state index contributed by atoms with van der Waals surface area (Å²) in [7, 11) is -3.49. The van der Waals surface area contributed by atoms with Crippen LogP contribution in [-0.2, 0) is 10.2 Å². The number of piperidine rings is 1. The lowest BCUT2D eigenvalue weighted by atomic mass is 10.1. The second-order valence-electron chi connectivity index (χ2n) is 4.69. The van der Waals surface area contributed by atoms with Gasteiger partial charge < -0.3 is 0 Å². The average molecular weight is 415 g/mol. The number of rotatable bonds is 3. The summed E-state index contributed by atoms with van der Waals surface area (Å²) in [6, 6.07) is 5.16. The van der Waals surface area contributed by atoms with Gasteiger partial charge in [0.2, 0.25) is 0 Å². The summed E-state index contributed by atoms with van der Waals surface area (Å²) in [6.45, 7) is 2.53. The minimum atomic E-state index is -3.49. The Hall–Kier alpha value is -0.0500. The van der Waals surface area contributed by atoms with E-state index in [0.717, 1.165) is 22.8 Å². The average Bonchev–Trinajstić information content (AvgIpc) is 2.33. The van der Waals surface area contributed by atoms with Gasteiger partial charge in [-0.1, -0.05) is 18.0 Å². The van der Waals surface area contributed by atoms with Crippen LogP contribution in [0.5, 0.6) is 0 Å². The molecule has 1 atom stereocenters. The van der Waals surface area contributed by atoms with Crippen molar-refractivity contribution in [1.29, 1.82) is 0 Å². The molecule has 1 aromatic carbocycles. The van der Waals surface area contributed by atoms with E-state index in [2.05, 4.69) is 27.3 Å². The Bertz CT molecular complexity index is 565. The summed E-state index contributed by atoms with van der Waals surface area (Å²) in [5.41, 5.74) is 0.572. The highest BCUT2D eigenvalue weighted by Crippen LogP contribution is 2.26. The summed E-state index contributed by atoms with van der Waals surface area (Å²) in [5, 5.41) is 0.596. The van der Waals surface area contributed by atoms with Crippen LogP contribution in [0.3, 0.4) is 0 Å². The first-order valence-corrected chi connectivity index (χ1v) is 9.04. The highest BCUT2D eigenvalue weighted by molar-refractivity contribution is 14.1. The lowest BCUT2D eigenvalue weighted by Crippen LogP contribution is -2.44. The molecule has 1 unspecified atom stereocenters. The summed E-state index contributed by atoms with van der Waals surface area (Å²) in [5.74, 6) is 0. The Balaban J connectivity index is 2.20. The van der Waals surface area contributed by atoms with Crippen LogP contribution >= 0.6 is 34.2 Å². The van der Waals surface area contributed by atoms with E-state index < -0.39 is 10.2 Å². The molecule has 19 heavy (non-hydrogen) atoms. The molecule has 0 aliphatic carbocycles. The van der Waals surface area contributed by atoms with Gasteiger partial charge in [0.1, 0.15) is 0 Å².